The van der Waals surface area contributed by atoms with E-state index in [-0.39, 0.29) is 0 Å². The molecule has 2 rings (SSSR count). The zero-order valence-corrected chi connectivity index (χ0v) is 13.3. The lowest BCUT2D eigenvalue weighted by atomic mass is 9.75. The van der Waals surface area contributed by atoms with Crippen LogP contribution in [-0.2, 0) is 9.31 Å². The number of halogens is 1. The van der Waals surface area contributed by atoms with Gasteiger partial charge in [0.15, 0.2) is 0 Å². The van der Waals surface area contributed by atoms with Gasteiger partial charge in [0.25, 0.3) is 0 Å². The van der Waals surface area contributed by atoms with Crippen molar-refractivity contribution in [2.75, 3.05) is 7.11 Å². The fourth-order valence-electron chi connectivity index (χ4n) is 2.08. The first-order valence-corrected chi connectivity index (χ1v) is 7.00. The normalized spacial score (nSPS) is 21.9. The van der Waals surface area contributed by atoms with Crippen LogP contribution in [0, 0.1) is 0 Å². The van der Waals surface area contributed by atoms with Crippen LogP contribution in [0.5, 0.6) is 5.75 Å². The summed E-state index contributed by atoms with van der Waals surface area (Å²) >= 11 is 6.02. The molecule has 0 radical (unpaired) electrons. The van der Waals surface area contributed by atoms with Gasteiger partial charge in [-0.05, 0) is 45.4 Å². The van der Waals surface area contributed by atoms with Gasteiger partial charge in [-0.3, -0.25) is 0 Å². The van der Waals surface area contributed by atoms with E-state index in [0.717, 1.165) is 5.56 Å². The van der Waals surface area contributed by atoms with Crippen molar-refractivity contribution in [3.63, 3.8) is 0 Å². The first kappa shape index (κ1) is 15.6. The van der Waals surface area contributed by atoms with E-state index in [0.29, 0.717) is 10.8 Å². The van der Waals surface area contributed by atoms with Gasteiger partial charge in [-0.1, -0.05) is 17.7 Å². The number of rotatable bonds is 3. The highest BCUT2D eigenvalue weighted by Gasteiger charge is 2.53. The molecule has 1 aromatic rings. The van der Waals surface area contributed by atoms with Gasteiger partial charge < -0.3 is 19.8 Å². The molecule has 0 unspecified atom stereocenters. The maximum atomic E-state index is 6.27. The third-order valence-corrected chi connectivity index (χ3v) is 4.44. The van der Waals surface area contributed by atoms with Crippen LogP contribution < -0.4 is 10.5 Å². The van der Waals surface area contributed by atoms with Crippen LogP contribution in [-0.4, -0.2) is 25.4 Å². The molecule has 20 heavy (non-hydrogen) atoms. The summed E-state index contributed by atoms with van der Waals surface area (Å²) in [5.41, 5.74) is 6.34. The number of hydrogen-bond acceptors (Lipinski definition) is 4. The van der Waals surface area contributed by atoms with Gasteiger partial charge in [-0.2, -0.15) is 0 Å². The average molecular weight is 298 g/mol. The molecule has 1 aliphatic heterocycles. The quantitative estimate of drug-likeness (QED) is 0.872. The van der Waals surface area contributed by atoms with E-state index in [1.54, 1.807) is 13.2 Å². The minimum atomic E-state index is -0.495. The average Bonchev–Trinajstić information content (AvgIpc) is 2.58. The number of nitrogens with two attached hydrogens (primary N) is 1. The van der Waals surface area contributed by atoms with Gasteiger partial charge in [0.2, 0.25) is 0 Å². The summed E-state index contributed by atoms with van der Waals surface area (Å²) in [4.78, 5) is 0. The molecule has 0 bridgehead atoms. The lowest BCUT2D eigenvalue weighted by Gasteiger charge is -2.32. The van der Waals surface area contributed by atoms with E-state index >= 15 is 0 Å². The molecule has 0 aromatic heterocycles. The predicted molar refractivity (Wildman–Crippen MR) is 81.0 cm³/mol. The molecule has 1 fully saturated rings. The second-order valence-electron chi connectivity index (χ2n) is 6.04. The Morgan fingerprint density at radius 3 is 2.25 bits per heavy atom. The monoisotopic (exact) mass is 297 g/mol. The minimum Gasteiger partial charge on any atom is -0.495 e. The van der Waals surface area contributed by atoms with Gasteiger partial charge in [0.1, 0.15) is 5.75 Å². The molecule has 1 atom stereocenters. The maximum absolute atomic E-state index is 6.27. The van der Waals surface area contributed by atoms with Crippen molar-refractivity contribution in [3.8, 4) is 5.75 Å². The lowest BCUT2D eigenvalue weighted by Crippen LogP contribution is -2.41. The zero-order valence-electron chi connectivity index (χ0n) is 12.6. The molecule has 0 amide bonds. The Balaban J connectivity index is 2.23. The van der Waals surface area contributed by atoms with Crippen LogP contribution in [0.15, 0.2) is 18.2 Å². The summed E-state index contributed by atoms with van der Waals surface area (Å²) in [6, 6.07) is 5.44. The van der Waals surface area contributed by atoms with Gasteiger partial charge in [0.05, 0.1) is 29.3 Å². The number of hydrogen-bond donors (Lipinski definition) is 1. The second-order valence-corrected chi connectivity index (χ2v) is 6.45. The van der Waals surface area contributed by atoms with E-state index in [4.69, 9.17) is 31.4 Å². The second kappa shape index (κ2) is 5.22. The third kappa shape index (κ3) is 2.68. The highest BCUT2D eigenvalue weighted by Crippen LogP contribution is 2.40. The Hall–Kier alpha value is -0.745. The SMILES string of the molecule is COc1cc([C@H](N)B2OC(C)(C)C(C)(C)O2)ccc1Cl. The van der Waals surface area contributed by atoms with Crippen molar-refractivity contribution >= 4 is 18.7 Å². The van der Waals surface area contributed by atoms with E-state index in [1.165, 1.54) is 0 Å². The summed E-state index contributed by atoms with van der Waals surface area (Å²) in [7, 11) is 1.08. The van der Waals surface area contributed by atoms with Gasteiger partial charge >= 0.3 is 7.12 Å². The van der Waals surface area contributed by atoms with Crippen LogP contribution in [0.2, 0.25) is 5.02 Å². The summed E-state index contributed by atoms with van der Waals surface area (Å²) in [6.07, 6.45) is 0. The Bertz CT molecular complexity index is 491. The molecule has 2 N–H and O–H groups in total. The molecule has 0 aliphatic carbocycles. The molecule has 1 aliphatic rings. The van der Waals surface area contributed by atoms with Crippen LogP contribution in [0.1, 0.15) is 39.2 Å². The standard InChI is InChI=1S/C14H21BClNO3/c1-13(2)14(3,4)20-15(19-13)12(17)9-6-7-10(16)11(8-9)18-5/h6-8,12H,17H2,1-5H3/t12-/m0/s1. The first-order chi connectivity index (χ1) is 9.18. The molecular weight excluding hydrogens is 276 g/mol. The highest BCUT2D eigenvalue weighted by atomic mass is 35.5. The third-order valence-electron chi connectivity index (χ3n) is 4.12. The fourth-order valence-corrected chi connectivity index (χ4v) is 2.27. The predicted octanol–water partition coefficient (Wildman–Crippen LogP) is 2.98. The van der Waals surface area contributed by atoms with Crippen LogP contribution >= 0.6 is 11.6 Å². The van der Waals surface area contributed by atoms with Crippen molar-refractivity contribution in [1.82, 2.24) is 0 Å². The topological polar surface area (TPSA) is 53.7 Å². The Kier molecular flexibility index (Phi) is 4.09. The Labute approximate surface area is 125 Å². The van der Waals surface area contributed by atoms with Crippen molar-refractivity contribution in [3.05, 3.63) is 28.8 Å². The molecule has 1 aromatic carbocycles. The molecule has 110 valence electrons. The summed E-state index contributed by atoms with van der Waals surface area (Å²) in [5.74, 6) is 0.193. The summed E-state index contributed by atoms with van der Waals surface area (Å²) in [5, 5.41) is 0.553. The van der Waals surface area contributed by atoms with Crippen molar-refractivity contribution in [2.45, 2.75) is 44.8 Å². The molecule has 6 heteroatoms. The van der Waals surface area contributed by atoms with E-state index < -0.39 is 24.3 Å². The summed E-state index contributed by atoms with van der Waals surface area (Å²) < 4.78 is 17.1. The smallest absolute Gasteiger partial charge is 0.480 e. The number of ether oxygens (including phenoxy) is 1. The molecule has 4 nitrogen and oxygen atoms in total. The van der Waals surface area contributed by atoms with Crippen LogP contribution in [0.3, 0.4) is 0 Å². The lowest BCUT2D eigenvalue weighted by molar-refractivity contribution is 0.00578. The Morgan fingerprint density at radius 2 is 1.75 bits per heavy atom. The molecule has 1 saturated heterocycles. The molecule has 0 spiro atoms. The van der Waals surface area contributed by atoms with E-state index in [2.05, 4.69) is 0 Å². The molecule has 1 heterocycles. The van der Waals surface area contributed by atoms with Crippen LogP contribution in [0.25, 0.3) is 0 Å². The first-order valence-electron chi connectivity index (χ1n) is 6.62. The van der Waals surface area contributed by atoms with E-state index in [1.807, 2.05) is 39.8 Å². The highest BCUT2D eigenvalue weighted by molar-refractivity contribution is 6.47. The zero-order chi connectivity index (χ0) is 15.1. The summed E-state index contributed by atoms with van der Waals surface area (Å²) in [6.45, 7) is 8.01. The largest absolute Gasteiger partial charge is 0.495 e. The Morgan fingerprint density at radius 1 is 1.20 bits per heavy atom. The maximum Gasteiger partial charge on any atom is 0.480 e. The molecular formula is C14H21BClNO3. The van der Waals surface area contributed by atoms with Crippen molar-refractivity contribution in [2.24, 2.45) is 5.73 Å². The van der Waals surface area contributed by atoms with Gasteiger partial charge in [0, 0.05) is 0 Å². The van der Waals surface area contributed by atoms with E-state index in [9.17, 15) is 0 Å². The van der Waals surface area contributed by atoms with Crippen molar-refractivity contribution in [1.29, 1.82) is 0 Å². The van der Waals surface area contributed by atoms with Crippen molar-refractivity contribution < 1.29 is 14.0 Å². The van der Waals surface area contributed by atoms with Gasteiger partial charge in [-0.25, -0.2) is 0 Å². The molecule has 0 saturated carbocycles. The number of benzene rings is 1. The fraction of sp³-hybridized carbons (Fsp3) is 0.571. The van der Waals surface area contributed by atoms with Crippen LogP contribution in [0.4, 0.5) is 0 Å². The number of methoxy groups -OCH3 is 1. The van der Waals surface area contributed by atoms with Gasteiger partial charge in [-0.15, -0.1) is 0 Å². The minimum absolute atomic E-state index is 0.397.